The Morgan fingerprint density at radius 2 is 2.33 bits per heavy atom. The van der Waals surface area contributed by atoms with Crippen LogP contribution in [-0.4, -0.2) is 36.2 Å². The van der Waals surface area contributed by atoms with E-state index in [4.69, 9.17) is 16.0 Å². The van der Waals surface area contributed by atoms with E-state index in [2.05, 4.69) is 0 Å². The number of hydrogen-bond donors (Lipinski definition) is 0. The molecule has 6 heteroatoms. The van der Waals surface area contributed by atoms with Gasteiger partial charge in [-0.2, -0.15) is 0 Å². The molecular formula is C9H10ClF2NO2. The molecule has 0 fully saturated rings. The lowest BCUT2D eigenvalue weighted by Crippen LogP contribution is -2.36. The maximum absolute atomic E-state index is 12.1. The molecule has 1 aromatic rings. The molecule has 0 aliphatic carbocycles. The van der Waals surface area contributed by atoms with Gasteiger partial charge in [-0.05, 0) is 12.1 Å². The van der Waals surface area contributed by atoms with Gasteiger partial charge in [0.05, 0.1) is 12.8 Å². The van der Waals surface area contributed by atoms with Crippen LogP contribution < -0.4 is 0 Å². The van der Waals surface area contributed by atoms with Gasteiger partial charge in [0, 0.05) is 12.4 Å². The minimum Gasteiger partial charge on any atom is -0.459 e. The van der Waals surface area contributed by atoms with Crippen molar-refractivity contribution in [1.29, 1.82) is 0 Å². The van der Waals surface area contributed by atoms with Crippen molar-refractivity contribution in [2.45, 2.75) is 6.43 Å². The van der Waals surface area contributed by atoms with E-state index in [1.165, 1.54) is 18.4 Å². The summed E-state index contributed by atoms with van der Waals surface area (Å²) in [7, 11) is 0. The average Bonchev–Trinajstić information content (AvgIpc) is 2.68. The highest BCUT2D eigenvalue weighted by molar-refractivity contribution is 6.18. The molecule has 1 amide bonds. The molecule has 0 spiro atoms. The number of furan rings is 1. The highest BCUT2D eigenvalue weighted by atomic mass is 35.5. The molecule has 0 N–H and O–H groups in total. The molecule has 1 aromatic heterocycles. The second-order valence-electron chi connectivity index (χ2n) is 2.81. The number of halogens is 3. The van der Waals surface area contributed by atoms with Crippen LogP contribution in [0.2, 0.25) is 0 Å². The van der Waals surface area contributed by atoms with Gasteiger partial charge in [0.1, 0.15) is 0 Å². The number of amides is 1. The van der Waals surface area contributed by atoms with E-state index in [0.29, 0.717) is 0 Å². The summed E-state index contributed by atoms with van der Waals surface area (Å²) in [5.41, 5.74) is 0. The SMILES string of the molecule is O=C(c1ccco1)N(CCCl)CC(F)F. The van der Waals surface area contributed by atoms with Gasteiger partial charge in [-0.25, -0.2) is 8.78 Å². The van der Waals surface area contributed by atoms with Gasteiger partial charge in [0.2, 0.25) is 0 Å². The summed E-state index contributed by atoms with van der Waals surface area (Å²) in [5.74, 6) is -0.416. The summed E-state index contributed by atoms with van der Waals surface area (Å²) < 4.78 is 29.1. The van der Waals surface area contributed by atoms with Crippen molar-refractivity contribution in [2.24, 2.45) is 0 Å². The Balaban J connectivity index is 2.67. The van der Waals surface area contributed by atoms with Crippen LogP contribution in [0.5, 0.6) is 0 Å². The first kappa shape index (κ1) is 12.0. The monoisotopic (exact) mass is 237 g/mol. The predicted octanol–water partition coefficient (Wildman–Crippen LogP) is 2.23. The van der Waals surface area contributed by atoms with Crippen molar-refractivity contribution in [3.63, 3.8) is 0 Å². The Morgan fingerprint density at radius 3 is 2.80 bits per heavy atom. The highest BCUT2D eigenvalue weighted by Crippen LogP contribution is 2.08. The zero-order valence-electron chi connectivity index (χ0n) is 7.83. The van der Waals surface area contributed by atoms with Gasteiger partial charge in [0.15, 0.2) is 5.76 Å². The summed E-state index contributed by atoms with van der Waals surface area (Å²) in [6.45, 7) is -0.558. The smallest absolute Gasteiger partial charge is 0.289 e. The highest BCUT2D eigenvalue weighted by Gasteiger charge is 2.20. The van der Waals surface area contributed by atoms with E-state index < -0.39 is 18.9 Å². The largest absolute Gasteiger partial charge is 0.459 e. The third-order valence-corrected chi connectivity index (χ3v) is 1.90. The first-order valence-corrected chi connectivity index (χ1v) is 4.85. The quantitative estimate of drug-likeness (QED) is 0.736. The number of carbonyl (C=O) groups is 1. The molecule has 0 bridgehead atoms. The maximum Gasteiger partial charge on any atom is 0.289 e. The molecule has 15 heavy (non-hydrogen) atoms. The van der Waals surface area contributed by atoms with Gasteiger partial charge in [-0.15, -0.1) is 11.6 Å². The molecule has 0 unspecified atom stereocenters. The van der Waals surface area contributed by atoms with Crippen molar-refractivity contribution >= 4 is 17.5 Å². The fourth-order valence-electron chi connectivity index (χ4n) is 1.10. The number of rotatable bonds is 5. The Morgan fingerprint density at radius 1 is 1.60 bits per heavy atom. The average molecular weight is 238 g/mol. The normalized spacial score (nSPS) is 10.7. The van der Waals surface area contributed by atoms with Crippen molar-refractivity contribution in [3.05, 3.63) is 24.2 Å². The lowest BCUT2D eigenvalue weighted by atomic mass is 10.3. The van der Waals surface area contributed by atoms with E-state index in [1.54, 1.807) is 0 Å². The predicted molar refractivity (Wildman–Crippen MR) is 51.3 cm³/mol. The first-order chi connectivity index (χ1) is 7.15. The second-order valence-corrected chi connectivity index (χ2v) is 3.19. The third-order valence-electron chi connectivity index (χ3n) is 1.73. The van der Waals surface area contributed by atoms with Crippen LogP contribution in [0.15, 0.2) is 22.8 Å². The minimum atomic E-state index is -2.58. The maximum atomic E-state index is 12.1. The molecule has 3 nitrogen and oxygen atoms in total. The molecule has 0 aliphatic rings. The topological polar surface area (TPSA) is 33.5 Å². The summed E-state index contributed by atoms with van der Waals surface area (Å²) in [6, 6.07) is 2.95. The lowest BCUT2D eigenvalue weighted by Gasteiger charge is -2.19. The van der Waals surface area contributed by atoms with Crippen molar-refractivity contribution in [1.82, 2.24) is 4.90 Å². The Bertz CT molecular complexity index is 303. The van der Waals surface area contributed by atoms with Crippen LogP contribution in [-0.2, 0) is 0 Å². The Hall–Kier alpha value is -1.10. The van der Waals surface area contributed by atoms with Crippen LogP contribution in [0.25, 0.3) is 0 Å². The fourth-order valence-corrected chi connectivity index (χ4v) is 1.30. The van der Waals surface area contributed by atoms with E-state index in [1.807, 2.05) is 0 Å². The summed E-state index contributed by atoms with van der Waals surface area (Å²) in [4.78, 5) is 12.5. The minimum absolute atomic E-state index is 0.0424. The lowest BCUT2D eigenvalue weighted by molar-refractivity contribution is 0.0544. The number of carbonyl (C=O) groups excluding carboxylic acids is 1. The van der Waals surface area contributed by atoms with Crippen LogP contribution in [0.4, 0.5) is 8.78 Å². The molecule has 1 heterocycles. The van der Waals surface area contributed by atoms with E-state index in [0.717, 1.165) is 4.90 Å². The van der Waals surface area contributed by atoms with Gasteiger partial charge >= 0.3 is 0 Å². The molecule has 0 saturated carbocycles. The molecule has 84 valence electrons. The summed E-state index contributed by atoms with van der Waals surface area (Å²) in [5, 5.41) is 0. The molecular weight excluding hydrogens is 228 g/mol. The van der Waals surface area contributed by atoms with Crippen molar-refractivity contribution < 1.29 is 18.0 Å². The molecule has 0 aromatic carbocycles. The summed E-state index contributed by atoms with van der Waals surface area (Å²) >= 11 is 5.42. The van der Waals surface area contributed by atoms with Crippen LogP contribution in [0.3, 0.4) is 0 Å². The zero-order chi connectivity index (χ0) is 11.3. The molecule has 0 atom stereocenters. The Kier molecular flexibility index (Phi) is 4.55. The van der Waals surface area contributed by atoms with Gasteiger partial charge in [0.25, 0.3) is 12.3 Å². The van der Waals surface area contributed by atoms with Gasteiger partial charge < -0.3 is 9.32 Å². The molecule has 0 radical (unpaired) electrons. The van der Waals surface area contributed by atoms with Crippen LogP contribution >= 0.6 is 11.6 Å². The first-order valence-electron chi connectivity index (χ1n) is 4.32. The second kappa shape index (κ2) is 5.70. The van der Waals surface area contributed by atoms with E-state index >= 15 is 0 Å². The summed E-state index contributed by atoms with van der Waals surface area (Å²) in [6.07, 6.45) is -1.26. The Labute approximate surface area is 90.6 Å². The fraction of sp³-hybridized carbons (Fsp3) is 0.444. The number of hydrogen-bond acceptors (Lipinski definition) is 2. The van der Waals surface area contributed by atoms with Crippen molar-refractivity contribution in [3.8, 4) is 0 Å². The van der Waals surface area contributed by atoms with Crippen LogP contribution in [0.1, 0.15) is 10.6 Å². The standard InChI is InChI=1S/C9H10ClF2NO2/c10-3-4-13(6-8(11)12)9(14)7-2-1-5-15-7/h1-2,5,8H,3-4,6H2. The van der Waals surface area contributed by atoms with E-state index in [-0.39, 0.29) is 18.2 Å². The van der Waals surface area contributed by atoms with Gasteiger partial charge in [-0.1, -0.05) is 0 Å². The zero-order valence-corrected chi connectivity index (χ0v) is 8.58. The number of alkyl halides is 3. The molecule has 0 aliphatic heterocycles. The molecule has 0 saturated heterocycles. The van der Waals surface area contributed by atoms with Crippen LogP contribution in [0, 0.1) is 0 Å². The molecule has 1 rings (SSSR count). The van der Waals surface area contributed by atoms with Crippen molar-refractivity contribution in [2.75, 3.05) is 19.0 Å². The van der Waals surface area contributed by atoms with E-state index in [9.17, 15) is 13.6 Å². The van der Waals surface area contributed by atoms with Gasteiger partial charge in [-0.3, -0.25) is 4.79 Å². The third kappa shape index (κ3) is 3.51. The number of nitrogens with zero attached hydrogens (tertiary/aromatic N) is 1.